The van der Waals surface area contributed by atoms with Gasteiger partial charge in [-0.25, -0.2) is 9.99 Å². The Bertz CT molecular complexity index is 1120. The van der Waals surface area contributed by atoms with Crippen LogP contribution in [0.4, 0.5) is 0 Å². The molecule has 5 rings (SSSR count). The van der Waals surface area contributed by atoms with Crippen LogP contribution in [0.1, 0.15) is 23.4 Å². The molecule has 2 aromatic carbocycles. The first-order chi connectivity index (χ1) is 12.6. The van der Waals surface area contributed by atoms with Crippen LogP contribution in [0.3, 0.4) is 0 Å². The van der Waals surface area contributed by atoms with Crippen LogP contribution in [0.25, 0.3) is 10.9 Å². The van der Waals surface area contributed by atoms with Crippen molar-refractivity contribution >= 4 is 28.6 Å². The van der Waals surface area contributed by atoms with Gasteiger partial charge in [-0.05, 0) is 43.0 Å². The number of aromatic nitrogens is 2. The monoisotopic (exact) mass is 363 g/mol. The molecule has 5 nitrogen and oxygen atoms in total. The quantitative estimate of drug-likeness (QED) is 0.667. The summed E-state index contributed by atoms with van der Waals surface area (Å²) in [6.07, 6.45) is 1.71. The van der Waals surface area contributed by atoms with Crippen molar-refractivity contribution in [3.63, 3.8) is 0 Å². The molecular formula is C20H17N3O2S. The zero-order valence-corrected chi connectivity index (χ0v) is 15.1. The van der Waals surface area contributed by atoms with Gasteiger partial charge in [0.1, 0.15) is 10.7 Å². The predicted octanol–water partition coefficient (Wildman–Crippen LogP) is 2.72. The summed E-state index contributed by atoms with van der Waals surface area (Å²) >= 11 is 1.62. The average Bonchev–Trinajstić information content (AvgIpc) is 3.18. The van der Waals surface area contributed by atoms with Gasteiger partial charge in [0.25, 0.3) is 11.5 Å². The molecule has 1 spiro atoms. The van der Waals surface area contributed by atoms with Gasteiger partial charge in [-0.1, -0.05) is 36.4 Å². The summed E-state index contributed by atoms with van der Waals surface area (Å²) in [7, 11) is 0. The highest BCUT2D eigenvalue weighted by atomic mass is 32.2. The molecule has 0 saturated carbocycles. The fraction of sp³-hybridized carbons (Fsp3) is 0.250. The molecule has 6 heteroatoms. The van der Waals surface area contributed by atoms with Crippen LogP contribution in [0.5, 0.6) is 0 Å². The second-order valence-corrected chi connectivity index (χ2v) is 7.98. The van der Waals surface area contributed by atoms with Gasteiger partial charge < -0.3 is 0 Å². The number of carbonyl (C=O) groups excluding carboxylic acids is 1. The minimum atomic E-state index is -0.521. The number of hydrogen-bond donors (Lipinski definition) is 0. The molecule has 3 aromatic rings. The maximum atomic E-state index is 13.3. The number of carbonyl (C=O) groups is 1. The summed E-state index contributed by atoms with van der Waals surface area (Å²) in [5, 5.41) is 2.20. The Kier molecular flexibility index (Phi) is 3.28. The standard InChI is InChI=1S/C20H17N3O2S/c1-13-21-17-9-5-3-7-15(17)19(25)22(13)23-18(24)12-26-20(23)11-10-14-6-2-4-8-16(14)20/h2-9H,10-12H2,1H3. The first-order valence-corrected chi connectivity index (χ1v) is 9.64. The van der Waals surface area contributed by atoms with Crippen LogP contribution < -0.4 is 10.6 Å². The van der Waals surface area contributed by atoms with Crippen molar-refractivity contribution in [1.82, 2.24) is 9.66 Å². The third-order valence-corrected chi connectivity index (χ3v) is 6.77. The Morgan fingerprint density at radius 3 is 2.73 bits per heavy atom. The fourth-order valence-corrected chi connectivity index (χ4v) is 5.57. The van der Waals surface area contributed by atoms with Gasteiger partial charge in [0.15, 0.2) is 0 Å². The second kappa shape index (κ2) is 5.45. The van der Waals surface area contributed by atoms with E-state index in [4.69, 9.17) is 0 Å². The summed E-state index contributed by atoms with van der Waals surface area (Å²) in [5.74, 6) is 0.856. The van der Waals surface area contributed by atoms with Crippen LogP contribution in [0.2, 0.25) is 0 Å². The zero-order valence-electron chi connectivity index (χ0n) is 14.3. The fourth-order valence-electron chi connectivity index (χ4n) is 4.18. The first-order valence-electron chi connectivity index (χ1n) is 8.66. The lowest BCUT2D eigenvalue weighted by Gasteiger charge is -2.36. The molecule has 2 aliphatic rings. The lowest BCUT2D eigenvalue weighted by molar-refractivity contribution is -0.118. The summed E-state index contributed by atoms with van der Waals surface area (Å²) in [6, 6.07) is 15.5. The SMILES string of the molecule is Cc1nc2ccccc2c(=O)n1N1C(=O)CSC12CCc1ccccc12. The zero-order chi connectivity index (χ0) is 17.9. The average molecular weight is 363 g/mol. The van der Waals surface area contributed by atoms with Crippen molar-refractivity contribution in [2.24, 2.45) is 0 Å². The maximum absolute atomic E-state index is 13.3. The molecule has 2 heterocycles. The molecule has 130 valence electrons. The molecule has 1 unspecified atom stereocenters. The van der Waals surface area contributed by atoms with E-state index in [1.807, 2.05) is 30.3 Å². The summed E-state index contributed by atoms with van der Waals surface area (Å²) in [4.78, 5) is 30.2. The number of benzene rings is 2. The van der Waals surface area contributed by atoms with Crippen molar-refractivity contribution in [1.29, 1.82) is 0 Å². The number of rotatable bonds is 1. The highest BCUT2D eigenvalue weighted by Crippen LogP contribution is 2.52. The topological polar surface area (TPSA) is 55.2 Å². The molecule has 0 N–H and O–H groups in total. The molecule has 0 radical (unpaired) electrons. The largest absolute Gasteiger partial charge is 0.280 e. The Morgan fingerprint density at radius 2 is 1.85 bits per heavy atom. The third kappa shape index (κ3) is 1.96. The lowest BCUT2D eigenvalue weighted by atomic mass is 10.1. The summed E-state index contributed by atoms with van der Waals surface area (Å²) < 4.78 is 1.49. The molecule has 1 aliphatic carbocycles. The second-order valence-electron chi connectivity index (χ2n) is 6.73. The Labute approximate surface area is 154 Å². The molecule has 26 heavy (non-hydrogen) atoms. The molecule has 1 aliphatic heterocycles. The number of nitrogens with zero attached hydrogens (tertiary/aromatic N) is 3. The number of fused-ring (bicyclic) bond motifs is 3. The predicted molar refractivity (Wildman–Crippen MR) is 103 cm³/mol. The minimum absolute atomic E-state index is 0.0472. The third-order valence-electron chi connectivity index (χ3n) is 5.30. The van der Waals surface area contributed by atoms with E-state index in [9.17, 15) is 9.59 Å². The van der Waals surface area contributed by atoms with Gasteiger partial charge in [-0.3, -0.25) is 9.59 Å². The number of hydrogen-bond acceptors (Lipinski definition) is 4. The highest BCUT2D eigenvalue weighted by molar-refractivity contribution is 8.01. The number of thioether (sulfide) groups is 1. The molecule has 0 bridgehead atoms. The van der Waals surface area contributed by atoms with Gasteiger partial charge in [0.2, 0.25) is 0 Å². The van der Waals surface area contributed by atoms with Gasteiger partial charge in [-0.2, -0.15) is 4.68 Å². The van der Waals surface area contributed by atoms with Crippen LogP contribution in [-0.2, 0) is 16.1 Å². The van der Waals surface area contributed by atoms with Gasteiger partial charge >= 0.3 is 0 Å². The van der Waals surface area contributed by atoms with E-state index in [-0.39, 0.29) is 11.5 Å². The van der Waals surface area contributed by atoms with Crippen LogP contribution in [0.15, 0.2) is 53.3 Å². The molecule has 1 atom stereocenters. The first kappa shape index (κ1) is 15.6. The van der Waals surface area contributed by atoms with E-state index in [0.717, 1.165) is 18.4 Å². The van der Waals surface area contributed by atoms with Crippen LogP contribution in [-0.4, -0.2) is 21.3 Å². The number of para-hydroxylation sites is 1. The number of aryl methyl sites for hydroxylation is 2. The maximum Gasteiger partial charge on any atom is 0.280 e. The Hall–Kier alpha value is -2.60. The molecular weight excluding hydrogens is 346 g/mol. The smallest absolute Gasteiger partial charge is 0.272 e. The molecule has 1 saturated heterocycles. The van der Waals surface area contributed by atoms with Gasteiger partial charge in [0.05, 0.1) is 16.7 Å². The molecule has 1 aromatic heterocycles. The van der Waals surface area contributed by atoms with Gasteiger partial charge in [0, 0.05) is 0 Å². The van der Waals surface area contributed by atoms with E-state index in [2.05, 4.69) is 17.1 Å². The normalized spacial score (nSPS) is 21.7. The summed E-state index contributed by atoms with van der Waals surface area (Å²) in [6.45, 7) is 1.79. The van der Waals surface area contributed by atoms with Crippen LogP contribution >= 0.6 is 11.8 Å². The minimum Gasteiger partial charge on any atom is -0.272 e. The molecule has 1 fully saturated rings. The molecule has 1 amide bonds. The van der Waals surface area contributed by atoms with Crippen molar-refractivity contribution in [3.05, 3.63) is 75.8 Å². The highest BCUT2D eigenvalue weighted by Gasteiger charge is 2.53. The van der Waals surface area contributed by atoms with Crippen molar-refractivity contribution in [3.8, 4) is 0 Å². The van der Waals surface area contributed by atoms with E-state index in [1.54, 1.807) is 29.8 Å². The Balaban J connectivity index is 1.79. The Morgan fingerprint density at radius 1 is 1.08 bits per heavy atom. The van der Waals surface area contributed by atoms with E-state index < -0.39 is 4.87 Å². The summed E-state index contributed by atoms with van der Waals surface area (Å²) in [5.41, 5.74) is 2.86. The van der Waals surface area contributed by atoms with Gasteiger partial charge in [-0.15, -0.1) is 11.8 Å². The van der Waals surface area contributed by atoms with Crippen molar-refractivity contribution in [2.75, 3.05) is 10.8 Å². The lowest BCUT2D eigenvalue weighted by Crippen LogP contribution is -2.53. The van der Waals surface area contributed by atoms with E-state index in [0.29, 0.717) is 22.5 Å². The number of amides is 1. The van der Waals surface area contributed by atoms with Crippen molar-refractivity contribution in [2.45, 2.75) is 24.6 Å². The van der Waals surface area contributed by atoms with Crippen LogP contribution in [0, 0.1) is 6.92 Å². The van der Waals surface area contributed by atoms with E-state index in [1.165, 1.54) is 10.2 Å². The van der Waals surface area contributed by atoms with E-state index >= 15 is 0 Å². The van der Waals surface area contributed by atoms with Crippen molar-refractivity contribution < 1.29 is 4.79 Å².